The standard InChI is InChI=1S/C14H15Cl2N3/c1-2-5-19-14(10-7-17-9-18-8-10)12-6-11(15)3-4-13(12)16/h3-4,6-9,14,19H,2,5H2,1H3. The van der Waals surface area contributed by atoms with Gasteiger partial charge in [0.25, 0.3) is 0 Å². The van der Waals surface area contributed by atoms with E-state index in [4.69, 9.17) is 23.2 Å². The maximum atomic E-state index is 6.28. The minimum atomic E-state index is -0.0488. The summed E-state index contributed by atoms with van der Waals surface area (Å²) in [6.45, 7) is 2.99. The van der Waals surface area contributed by atoms with Crippen LogP contribution in [0.15, 0.2) is 36.9 Å². The Labute approximate surface area is 123 Å². The van der Waals surface area contributed by atoms with Crippen molar-refractivity contribution in [3.05, 3.63) is 58.1 Å². The van der Waals surface area contributed by atoms with Gasteiger partial charge in [0.05, 0.1) is 6.04 Å². The van der Waals surface area contributed by atoms with Gasteiger partial charge in [0.15, 0.2) is 0 Å². The summed E-state index contributed by atoms with van der Waals surface area (Å²) in [7, 11) is 0. The van der Waals surface area contributed by atoms with Crippen LogP contribution in [-0.4, -0.2) is 16.5 Å². The maximum absolute atomic E-state index is 6.28. The molecule has 100 valence electrons. The first-order valence-electron chi connectivity index (χ1n) is 6.15. The van der Waals surface area contributed by atoms with Crippen molar-refractivity contribution in [3.63, 3.8) is 0 Å². The first kappa shape index (κ1) is 14.3. The van der Waals surface area contributed by atoms with E-state index in [1.54, 1.807) is 18.5 Å². The zero-order valence-corrected chi connectivity index (χ0v) is 12.1. The van der Waals surface area contributed by atoms with Gasteiger partial charge in [-0.25, -0.2) is 9.97 Å². The van der Waals surface area contributed by atoms with Gasteiger partial charge in [0.1, 0.15) is 6.33 Å². The average Bonchev–Trinajstić information content (AvgIpc) is 2.44. The molecule has 2 aromatic rings. The molecule has 0 saturated carbocycles. The predicted octanol–water partition coefficient (Wildman–Crippen LogP) is 3.87. The van der Waals surface area contributed by atoms with Crippen LogP contribution in [0.4, 0.5) is 0 Å². The molecule has 5 heteroatoms. The highest BCUT2D eigenvalue weighted by Gasteiger charge is 2.17. The van der Waals surface area contributed by atoms with Crippen molar-refractivity contribution in [1.82, 2.24) is 15.3 Å². The lowest BCUT2D eigenvalue weighted by Gasteiger charge is -2.20. The van der Waals surface area contributed by atoms with E-state index in [9.17, 15) is 0 Å². The lowest BCUT2D eigenvalue weighted by molar-refractivity contribution is 0.595. The Morgan fingerprint density at radius 1 is 1.21 bits per heavy atom. The van der Waals surface area contributed by atoms with Gasteiger partial charge in [0, 0.05) is 28.0 Å². The molecule has 0 radical (unpaired) electrons. The molecule has 1 aromatic carbocycles. The Kier molecular flexibility index (Phi) is 5.14. The van der Waals surface area contributed by atoms with Crippen molar-refractivity contribution < 1.29 is 0 Å². The average molecular weight is 296 g/mol. The lowest BCUT2D eigenvalue weighted by atomic mass is 10.0. The van der Waals surface area contributed by atoms with E-state index < -0.39 is 0 Å². The molecule has 0 fully saturated rings. The van der Waals surface area contributed by atoms with E-state index in [1.807, 2.05) is 12.1 Å². The monoisotopic (exact) mass is 295 g/mol. The van der Waals surface area contributed by atoms with Crippen LogP contribution in [0.2, 0.25) is 10.0 Å². The number of hydrogen-bond donors (Lipinski definition) is 1. The molecular formula is C14H15Cl2N3. The number of nitrogens with zero attached hydrogens (tertiary/aromatic N) is 2. The molecule has 1 N–H and O–H groups in total. The second kappa shape index (κ2) is 6.85. The van der Waals surface area contributed by atoms with Gasteiger partial charge >= 0.3 is 0 Å². The van der Waals surface area contributed by atoms with Gasteiger partial charge in [-0.3, -0.25) is 0 Å². The summed E-state index contributed by atoms with van der Waals surface area (Å²) in [5, 5.41) is 4.80. The number of nitrogens with one attached hydrogen (secondary N) is 1. The zero-order valence-electron chi connectivity index (χ0n) is 10.6. The van der Waals surface area contributed by atoms with Crippen molar-refractivity contribution in [2.45, 2.75) is 19.4 Å². The van der Waals surface area contributed by atoms with Crippen LogP contribution >= 0.6 is 23.2 Å². The van der Waals surface area contributed by atoms with E-state index >= 15 is 0 Å². The van der Waals surface area contributed by atoms with Crippen LogP contribution in [0.5, 0.6) is 0 Å². The number of hydrogen-bond acceptors (Lipinski definition) is 3. The molecule has 0 aliphatic carbocycles. The number of rotatable bonds is 5. The van der Waals surface area contributed by atoms with Crippen molar-refractivity contribution in [2.75, 3.05) is 6.54 Å². The van der Waals surface area contributed by atoms with Gasteiger partial charge in [-0.2, -0.15) is 0 Å². The third-order valence-corrected chi connectivity index (χ3v) is 3.36. The Morgan fingerprint density at radius 3 is 2.63 bits per heavy atom. The smallest absolute Gasteiger partial charge is 0.115 e. The molecule has 1 heterocycles. The second-order valence-electron chi connectivity index (χ2n) is 4.22. The van der Waals surface area contributed by atoms with Crippen LogP contribution in [0.3, 0.4) is 0 Å². The molecule has 0 bridgehead atoms. The molecule has 1 unspecified atom stereocenters. The van der Waals surface area contributed by atoms with E-state index in [0.717, 1.165) is 24.1 Å². The number of aromatic nitrogens is 2. The summed E-state index contributed by atoms with van der Waals surface area (Å²) in [4.78, 5) is 8.13. The lowest BCUT2D eigenvalue weighted by Crippen LogP contribution is -2.23. The molecular weight excluding hydrogens is 281 g/mol. The fraction of sp³-hybridized carbons (Fsp3) is 0.286. The SMILES string of the molecule is CCCNC(c1cncnc1)c1cc(Cl)ccc1Cl. The second-order valence-corrected chi connectivity index (χ2v) is 5.07. The van der Waals surface area contributed by atoms with Crippen LogP contribution in [0.1, 0.15) is 30.5 Å². The molecule has 0 amide bonds. The topological polar surface area (TPSA) is 37.8 Å². The Balaban J connectivity index is 2.40. The van der Waals surface area contributed by atoms with Crippen LogP contribution in [-0.2, 0) is 0 Å². The molecule has 0 spiro atoms. The van der Waals surface area contributed by atoms with Gasteiger partial charge in [-0.05, 0) is 36.7 Å². The first-order chi connectivity index (χ1) is 9.22. The number of benzene rings is 1. The third kappa shape index (κ3) is 3.66. The van der Waals surface area contributed by atoms with Crippen LogP contribution < -0.4 is 5.32 Å². The Morgan fingerprint density at radius 2 is 1.95 bits per heavy atom. The third-order valence-electron chi connectivity index (χ3n) is 2.78. The van der Waals surface area contributed by atoms with Crippen molar-refractivity contribution >= 4 is 23.2 Å². The van der Waals surface area contributed by atoms with Gasteiger partial charge in [-0.15, -0.1) is 0 Å². The number of halogens is 2. The van der Waals surface area contributed by atoms with Crippen molar-refractivity contribution in [1.29, 1.82) is 0 Å². The van der Waals surface area contributed by atoms with Crippen molar-refractivity contribution in [2.24, 2.45) is 0 Å². The molecule has 0 saturated heterocycles. The van der Waals surface area contributed by atoms with E-state index in [-0.39, 0.29) is 6.04 Å². The van der Waals surface area contributed by atoms with Gasteiger partial charge < -0.3 is 5.32 Å². The molecule has 2 rings (SSSR count). The largest absolute Gasteiger partial charge is 0.306 e. The van der Waals surface area contributed by atoms with E-state index in [1.165, 1.54) is 6.33 Å². The quantitative estimate of drug-likeness (QED) is 0.910. The summed E-state index contributed by atoms with van der Waals surface area (Å²) in [6.07, 6.45) is 6.12. The summed E-state index contributed by atoms with van der Waals surface area (Å²) >= 11 is 12.3. The van der Waals surface area contributed by atoms with Gasteiger partial charge in [-0.1, -0.05) is 30.1 Å². The van der Waals surface area contributed by atoms with Crippen LogP contribution in [0.25, 0.3) is 0 Å². The summed E-state index contributed by atoms with van der Waals surface area (Å²) in [5.41, 5.74) is 1.91. The van der Waals surface area contributed by atoms with E-state index in [0.29, 0.717) is 10.0 Å². The highest BCUT2D eigenvalue weighted by Crippen LogP contribution is 2.30. The minimum Gasteiger partial charge on any atom is -0.306 e. The molecule has 19 heavy (non-hydrogen) atoms. The summed E-state index contributed by atoms with van der Waals surface area (Å²) < 4.78 is 0. The fourth-order valence-electron chi connectivity index (χ4n) is 1.89. The summed E-state index contributed by atoms with van der Waals surface area (Å²) in [6, 6.07) is 5.42. The fourth-order valence-corrected chi connectivity index (χ4v) is 2.30. The minimum absolute atomic E-state index is 0.0488. The molecule has 0 aliphatic rings. The van der Waals surface area contributed by atoms with Crippen LogP contribution in [0, 0.1) is 0 Å². The Hall–Kier alpha value is -1.16. The van der Waals surface area contributed by atoms with Gasteiger partial charge in [0.2, 0.25) is 0 Å². The highest BCUT2D eigenvalue weighted by molar-refractivity contribution is 6.33. The van der Waals surface area contributed by atoms with E-state index in [2.05, 4.69) is 22.2 Å². The molecule has 3 nitrogen and oxygen atoms in total. The highest BCUT2D eigenvalue weighted by atomic mass is 35.5. The molecule has 1 aromatic heterocycles. The Bertz CT molecular complexity index is 531. The van der Waals surface area contributed by atoms with Crippen molar-refractivity contribution in [3.8, 4) is 0 Å². The maximum Gasteiger partial charge on any atom is 0.115 e. The zero-order chi connectivity index (χ0) is 13.7. The molecule has 0 aliphatic heterocycles. The predicted molar refractivity (Wildman–Crippen MR) is 78.6 cm³/mol. The summed E-state index contributed by atoms with van der Waals surface area (Å²) in [5.74, 6) is 0. The first-order valence-corrected chi connectivity index (χ1v) is 6.91. The molecule has 1 atom stereocenters. The normalized spacial score (nSPS) is 12.4.